The standard InChI is InChI=1S/C12H21ClN2/c1-8-9(11(2,3)4)15(12(5,6)7)14-10(8)13/h1-7H3. The number of aromatic nitrogens is 2. The van der Waals surface area contributed by atoms with Gasteiger partial charge in [0, 0.05) is 16.7 Å². The van der Waals surface area contributed by atoms with E-state index in [1.165, 1.54) is 5.69 Å². The molecular formula is C12H21ClN2. The summed E-state index contributed by atoms with van der Waals surface area (Å²) in [5.41, 5.74) is 2.36. The predicted molar refractivity (Wildman–Crippen MR) is 65.7 cm³/mol. The van der Waals surface area contributed by atoms with E-state index in [1.54, 1.807) is 0 Å². The van der Waals surface area contributed by atoms with E-state index >= 15 is 0 Å². The van der Waals surface area contributed by atoms with Crippen LogP contribution in [0.3, 0.4) is 0 Å². The van der Waals surface area contributed by atoms with Gasteiger partial charge in [0.15, 0.2) is 5.15 Å². The van der Waals surface area contributed by atoms with Crippen LogP contribution in [0.25, 0.3) is 0 Å². The highest BCUT2D eigenvalue weighted by Crippen LogP contribution is 2.33. The zero-order valence-corrected chi connectivity index (χ0v) is 11.5. The predicted octanol–water partition coefficient (Wildman–Crippen LogP) is 3.90. The van der Waals surface area contributed by atoms with Crippen LogP contribution >= 0.6 is 11.6 Å². The molecule has 0 aliphatic rings. The van der Waals surface area contributed by atoms with E-state index in [-0.39, 0.29) is 11.0 Å². The zero-order chi connectivity index (χ0) is 12.0. The minimum Gasteiger partial charge on any atom is -0.262 e. The van der Waals surface area contributed by atoms with Crippen molar-refractivity contribution in [2.24, 2.45) is 0 Å². The van der Waals surface area contributed by atoms with Gasteiger partial charge in [0.2, 0.25) is 0 Å². The summed E-state index contributed by atoms with van der Waals surface area (Å²) in [6.45, 7) is 15.0. The average molecular weight is 229 g/mol. The Labute approximate surface area is 97.6 Å². The first-order chi connectivity index (χ1) is 6.55. The van der Waals surface area contributed by atoms with Crippen molar-refractivity contribution >= 4 is 11.6 Å². The summed E-state index contributed by atoms with van der Waals surface area (Å²) < 4.78 is 2.05. The van der Waals surface area contributed by atoms with Crippen molar-refractivity contribution in [1.29, 1.82) is 0 Å². The minimum atomic E-state index is -0.0273. The summed E-state index contributed by atoms with van der Waals surface area (Å²) in [5, 5.41) is 5.05. The van der Waals surface area contributed by atoms with Crippen LogP contribution in [0.15, 0.2) is 0 Å². The van der Waals surface area contributed by atoms with Crippen LogP contribution in [0, 0.1) is 6.92 Å². The van der Waals surface area contributed by atoms with E-state index in [2.05, 4.69) is 46.6 Å². The van der Waals surface area contributed by atoms with Gasteiger partial charge in [-0.3, -0.25) is 4.68 Å². The maximum Gasteiger partial charge on any atom is 0.154 e. The Kier molecular flexibility index (Phi) is 2.94. The fourth-order valence-corrected chi connectivity index (χ4v) is 2.00. The first-order valence-corrected chi connectivity index (χ1v) is 5.69. The molecule has 0 unspecified atom stereocenters. The van der Waals surface area contributed by atoms with Crippen molar-refractivity contribution in [3.63, 3.8) is 0 Å². The summed E-state index contributed by atoms with van der Waals surface area (Å²) >= 11 is 6.11. The molecule has 0 aromatic carbocycles. The van der Waals surface area contributed by atoms with Crippen molar-refractivity contribution in [1.82, 2.24) is 9.78 Å². The largest absolute Gasteiger partial charge is 0.262 e. The molecule has 0 bridgehead atoms. The molecule has 1 rings (SSSR count). The highest BCUT2D eigenvalue weighted by atomic mass is 35.5. The van der Waals surface area contributed by atoms with E-state index in [0.717, 1.165) is 5.56 Å². The van der Waals surface area contributed by atoms with Crippen molar-refractivity contribution in [3.8, 4) is 0 Å². The topological polar surface area (TPSA) is 17.8 Å². The van der Waals surface area contributed by atoms with E-state index in [4.69, 9.17) is 11.6 Å². The third-order valence-corrected chi connectivity index (χ3v) is 2.77. The molecule has 2 nitrogen and oxygen atoms in total. The summed E-state index contributed by atoms with van der Waals surface area (Å²) in [5.74, 6) is 0. The van der Waals surface area contributed by atoms with E-state index in [9.17, 15) is 0 Å². The molecule has 0 amide bonds. The number of rotatable bonds is 0. The summed E-state index contributed by atoms with van der Waals surface area (Å²) in [4.78, 5) is 0. The number of hydrogen-bond donors (Lipinski definition) is 0. The third-order valence-electron chi connectivity index (χ3n) is 2.41. The molecule has 0 aliphatic carbocycles. The second-order valence-corrected chi connectivity index (χ2v) is 6.46. The Hall–Kier alpha value is -0.500. The van der Waals surface area contributed by atoms with Crippen LogP contribution in [-0.4, -0.2) is 9.78 Å². The van der Waals surface area contributed by atoms with Crippen molar-refractivity contribution < 1.29 is 0 Å². The molecule has 15 heavy (non-hydrogen) atoms. The Bertz CT molecular complexity index is 364. The molecule has 0 aliphatic heterocycles. The lowest BCUT2D eigenvalue weighted by molar-refractivity contribution is 0.322. The van der Waals surface area contributed by atoms with Crippen LogP contribution in [0.1, 0.15) is 52.8 Å². The summed E-state index contributed by atoms with van der Waals surface area (Å²) in [6.07, 6.45) is 0. The summed E-state index contributed by atoms with van der Waals surface area (Å²) in [7, 11) is 0. The van der Waals surface area contributed by atoms with Crippen LogP contribution in [0.2, 0.25) is 5.15 Å². The molecular weight excluding hydrogens is 208 g/mol. The molecule has 0 atom stereocenters. The SMILES string of the molecule is Cc1c(Cl)nn(C(C)(C)C)c1C(C)(C)C. The second kappa shape index (κ2) is 3.51. The second-order valence-electron chi connectivity index (χ2n) is 6.10. The van der Waals surface area contributed by atoms with E-state index < -0.39 is 0 Å². The molecule has 86 valence electrons. The van der Waals surface area contributed by atoms with Gasteiger partial charge in [-0.05, 0) is 27.7 Å². The van der Waals surface area contributed by atoms with Gasteiger partial charge in [-0.2, -0.15) is 5.10 Å². The first-order valence-electron chi connectivity index (χ1n) is 5.31. The van der Waals surface area contributed by atoms with Crippen LogP contribution in [0.5, 0.6) is 0 Å². The Morgan fingerprint density at radius 2 is 1.53 bits per heavy atom. The Morgan fingerprint density at radius 3 is 1.80 bits per heavy atom. The lowest BCUT2D eigenvalue weighted by Gasteiger charge is -2.29. The molecule has 0 saturated heterocycles. The first kappa shape index (κ1) is 12.6. The van der Waals surface area contributed by atoms with Gasteiger partial charge in [-0.1, -0.05) is 32.4 Å². The average Bonchev–Trinajstić information content (AvgIpc) is 2.25. The molecule has 0 spiro atoms. The quantitative estimate of drug-likeness (QED) is 0.659. The van der Waals surface area contributed by atoms with E-state index in [0.29, 0.717) is 5.15 Å². The highest BCUT2D eigenvalue weighted by molar-refractivity contribution is 6.30. The van der Waals surface area contributed by atoms with Gasteiger partial charge >= 0.3 is 0 Å². The normalized spacial score (nSPS) is 13.3. The Morgan fingerprint density at radius 1 is 1.07 bits per heavy atom. The Balaban J connectivity index is 3.48. The maximum atomic E-state index is 6.11. The minimum absolute atomic E-state index is 0.0273. The number of nitrogens with zero attached hydrogens (tertiary/aromatic N) is 2. The lowest BCUT2D eigenvalue weighted by atomic mass is 9.88. The molecule has 0 N–H and O–H groups in total. The molecule has 0 fully saturated rings. The van der Waals surface area contributed by atoms with Crippen molar-refractivity contribution in [2.45, 2.75) is 59.4 Å². The zero-order valence-electron chi connectivity index (χ0n) is 10.8. The van der Waals surface area contributed by atoms with Gasteiger partial charge in [-0.25, -0.2) is 0 Å². The summed E-state index contributed by atoms with van der Waals surface area (Å²) in [6, 6.07) is 0. The van der Waals surface area contributed by atoms with Gasteiger partial charge in [0.1, 0.15) is 0 Å². The lowest BCUT2D eigenvalue weighted by Crippen LogP contribution is -2.30. The van der Waals surface area contributed by atoms with E-state index in [1.807, 2.05) is 11.6 Å². The third kappa shape index (κ3) is 2.36. The highest BCUT2D eigenvalue weighted by Gasteiger charge is 2.29. The van der Waals surface area contributed by atoms with Gasteiger partial charge in [0.05, 0.1) is 5.54 Å². The fraction of sp³-hybridized carbons (Fsp3) is 0.750. The fourth-order valence-electron chi connectivity index (χ4n) is 1.83. The molecule has 1 aromatic rings. The molecule has 1 aromatic heterocycles. The molecule has 1 heterocycles. The maximum absolute atomic E-state index is 6.11. The number of hydrogen-bond acceptors (Lipinski definition) is 1. The van der Waals surface area contributed by atoms with Gasteiger partial charge < -0.3 is 0 Å². The molecule has 3 heteroatoms. The monoisotopic (exact) mass is 228 g/mol. The number of halogens is 1. The smallest absolute Gasteiger partial charge is 0.154 e. The van der Waals surface area contributed by atoms with Crippen LogP contribution in [-0.2, 0) is 11.0 Å². The van der Waals surface area contributed by atoms with Crippen molar-refractivity contribution in [3.05, 3.63) is 16.4 Å². The molecule has 0 radical (unpaired) electrons. The molecule has 0 saturated carbocycles. The van der Waals surface area contributed by atoms with Gasteiger partial charge in [0.25, 0.3) is 0 Å². The van der Waals surface area contributed by atoms with Crippen molar-refractivity contribution in [2.75, 3.05) is 0 Å². The van der Waals surface area contributed by atoms with Crippen LogP contribution < -0.4 is 0 Å². The van der Waals surface area contributed by atoms with Gasteiger partial charge in [-0.15, -0.1) is 0 Å². The van der Waals surface area contributed by atoms with Crippen LogP contribution in [0.4, 0.5) is 0 Å².